The predicted molar refractivity (Wildman–Crippen MR) is 131 cm³/mol. The minimum absolute atomic E-state index is 0.379. The lowest BCUT2D eigenvalue weighted by Crippen LogP contribution is -2.08. The van der Waals surface area contributed by atoms with Gasteiger partial charge in [-0.3, -0.25) is 4.99 Å². The van der Waals surface area contributed by atoms with Crippen molar-refractivity contribution in [1.29, 1.82) is 0 Å². The highest BCUT2D eigenvalue weighted by Gasteiger charge is 2.09. The summed E-state index contributed by atoms with van der Waals surface area (Å²) in [7, 11) is 0. The maximum absolute atomic E-state index is 12.4. The van der Waals surface area contributed by atoms with Crippen LogP contribution in [-0.4, -0.2) is 18.8 Å². The first-order chi connectivity index (χ1) is 15.7. The number of aryl methyl sites for hydroxylation is 1. The van der Waals surface area contributed by atoms with E-state index in [1.165, 1.54) is 25.7 Å². The van der Waals surface area contributed by atoms with Crippen LogP contribution in [0.5, 0.6) is 11.5 Å². The summed E-state index contributed by atoms with van der Waals surface area (Å²) < 4.78 is 11.3. The van der Waals surface area contributed by atoms with Crippen LogP contribution in [-0.2, 0) is 0 Å². The second-order valence-corrected chi connectivity index (χ2v) is 7.79. The zero-order valence-electron chi connectivity index (χ0n) is 18.9. The van der Waals surface area contributed by atoms with E-state index in [1.807, 2.05) is 49.4 Å². The predicted octanol–water partition coefficient (Wildman–Crippen LogP) is 7.31. The van der Waals surface area contributed by atoms with E-state index in [1.54, 1.807) is 36.5 Å². The topological polar surface area (TPSA) is 47.9 Å². The maximum atomic E-state index is 12.4. The second kappa shape index (κ2) is 12.5. The fourth-order valence-electron chi connectivity index (χ4n) is 3.21. The smallest absolute Gasteiger partial charge is 0.343 e. The molecule has 3 aromatic carbocycles. The van der Waals surface area contributed by atoms with Crippen LogP contribution in [0.2, 0.25) is 0 Å². The van der Waals surface area contributed by atoms with Gasteiger partial charge in [0.2, 0.25) is 0 Å². The van der Waals surface area contributed by atoms with Crippen LogP contribution in [0, 0.1) is 6.92 Å². The fraction of sp³-hybridized carbons (Fsp3) is 0.286. The van der Waals surface area contributed by atoms with Crippen LogP contribution in [0.1, 0.15) is 60.5 Å². The molecule has 0 saturated carbocycles. The third kappa shape index (κ3) is 7.38. The summed E-state index contributed by atoms with van der Waals surface area (Å²) in [5.41, 5.74) is 3.17. The van der Waals surface area contributed by atoms with Crippen molar-refractivity contribution < 1.29 is 14.3 Å². The van der Waals surface area contributed by atoms with Gasteiger partial charge in [0.1, 0.15) is 11.5 Å². The number of rotatable bonds is 11. The molecule has 0 spiro atoms. The maximum Gasteiger partial charge on any atom is 0.343 e. The van der Waals surface area contributed by atoms with Crippen molar-refractivity contribution in [2.24, 2.45) is 4.99 Å². The lowest BCUT2D eigenvalue weighted by molar-refractivity contribution is 0.0733. The summed E-state index contributed by atoms with van der Waals surface area (Å²) >= 11 is 0. The average molecular weight is 430 g/mol. The van der Waals surface area contributed by atoms with Gasteiger partial charge in [-0.25, -0.2) is 4.79 Å². The molecule has 3 rings (SSSR count). The highest BCUT2D eigenvalue weighted by molar-refractivity contribution is 5.91. The Bertz CT molecular complexity index is 1010. The molecule has 0 heterocycles. The molecule has 3 aromatic rings. The SMILES string of the molecule is CCCCCCCOc1ccc(C=Nc2ccc(C(=O)Oc3ccccc3C)cc2)cc1. The van der Waals surface area contributed by atoms with Crippen molar-refractivity contribution in [3.8, 4) is 11.5 Å². The van der Waals surface area contributed by atoms with Gasteiger partial charge in [0.05, 0.1) is 17.9 Å². The van der Waals surface area contributed by atoms with Crippen molar-refractivity contribution in [3.05, 3.63) is 89.5 Å². The molecule has 0 amide bonds. The Kier molecular flexibility index (Phi) is 9.05. The number of esters is 1. The first kappa shape index (κ1) is 23.3. The molecule has 4 nitrogen and oxygen atoms in total. The zero-order valence-corrected chi connectivity index (χ0v) is 18.9. The van der Waals surface area contributed by atoms with Gasteiger partial charge >= 0.3 is 5.97 Å². The summed E-state index contributed by atoms with van der Waals surface area (Å²) in [5.74, 6) is 1.08. The van der Waals surface area contributed by atoms with Crippen LogP contribution in [0.15, 0.2) is 77.8 Å². The Balaban J connectivity index is 1.49. The standard InChI is InChI=1S/C28H31NO3/c1-3-4-5-6-9-20-31-26-18-12-23(13-19-26)21-29-25-16-14-24(15-17-25)28(30)32-27-11-8-7-10-22(27)2/h7-8,10-19,21H,3-6,9,20H2,1-2H3. The van der Waals surface area contributed by atoms with E-state index < -0.39 is 0 Å². The van der Waals surface area contributed by atoms with Crippen LogP contribution in [0.3, 0.4) is 0 Å². The number of para-hydroxylation sites is 1. The fourth-order valence-corrected chi connectivity index (χ4v) is 3.21. The number of ether oxygens (including phenoxy) is 2. The van der Waals surface area contributed by atoms with E-state index in [9.17, 15) is 4.79 Å². The van der Waals surface area contributed by atoms with E-state index >= 15 is 0 Å². The number of unbranched alkanes of at least 4 members (excludes halogenated alkanes) is 4. The van der Waals surface area contributed by atoms with Gasteiger partial charge in [-0.1, -0.05) is 50.8 Å². The summed E-state index contributed by atoms with van der Waals surface area (Å²) in [4.78, 5) is 16.8. The van der Waals surface area contributed by atoms with Gasteiger partial charge in [0.15, 0.2) is 0 Å². The Morgan fingerprint density at radius 3 is 2.31 bits per heavy atom. The highest BCUT2D eigenvalue weighted by Crippen LogP contribution is 2.20. The van der Waals surface area contributed by atoms with Crippen LogP contribution < -0.4 is 9.47 Å². The number of hydrogen-bond donors (Lipinski definition) is 0. The number of carbonyl (C=O) groups excluding carboxylic acids is 1. The van der Waals surface area contributed by atoms with Crippen molar-refractivity contribution in [1.82, 2.24) is 0 Å². The first-order valence-electron chi connectivity index (χ1n) is 11.3. The molecule has 0 unspecified atom stereocenters. The molecule has 0 aliphatic carbocycles. The van der Waals surface area contributed by atoms with Crippen LogP contribution >= 0.6 is 0 Å². The molecule has 32 heavy (non-hydrogen) atoms. The lowest BCUT2D eigenvalue weighted by atomic mass is 10.2. The van der Waals surface area contributed by atoms with E-state index in [0.717, 1.165) is 35.6 Å². The van der Waals surface area contributed by atoms with Gasteiger partial charge in [-0.15, -0.1) is 0 Å². The highest BCUT2D eigenvalue weighted by atomic mass is 16.5. The van der Waals surface area contributed by atoms with Gasteiger partial charge < -0.3 is 9.47 Å². The van der Waals surface area contributed by atoms with E-state index in [2.05, 4.69) is 11.9 Å². The molecular formula is C28H31NO3. The number of carbonyl (C=O) groups is 1. The van der Waals surface area contributed by atoms with Gasteiger partial charge in [-0.05, 0) is 79.1 Å². The molecule has 0 aromatic heterocycles. The molecule has 0 fully saturated rings. The average Bonchev–Trinajstić information content (AvgIpc) is 2.82. The molecular weight excluding hydrogens is 398 g/mol. The van der Waals surface area contributed by atoms with Crippen molar-refractivity contribution in [3.63, 3.8) is 0 Å². The Morgan fingerprint density at radius 2 is 1.59 bits per heavy atom. The van der Waals surface area contributed by atoms with Gasteiger partial charge in [0.25, 0.3) is 0 Å². The quantitative estimate of drug-likeness (QED) is 0.139. The van der Waals surface area contributed by atoms with Gasteiger partial charge in [-0.2, -0.15) is 0 Å². The molecule has 0 radical (unpaired) electrons. The minimum atomic E-state index is -0.379. The third-order valence-corrected chi connectivity index (χ3v) is 5.16. The number of aliphatic imine (C=N–C) groups is 1. The van der Waals surface area contributed by atoms with Crippen molar-refractivity contribution in [2.45, 2.75) is 46.0 Å². The summed E-state index contributed by atoms with van der Waals surface area (Å²) in [6.45, 7) is 4.89. The summed E-state index contributed by atoms with van der Waals surface area (Å²) in [5, 5.41) is 0. The number of nitrogens with zero attached hydrogens (tertiary/aromatic N) is 1. The Labute approximate surface area is 190 Å². The molecule has 4 heteroatoms. The van der Waals surface area contributed by atoms with E-state index in [4.69, 9.17) is 9.47 Å². The second-order valence-electron chi connectivity index (χ2n) is 7.79. The Morgan fingerprint density at radius 1 is 0.875 bits per heavy atom. The molecule has 166 valence electrons. The molecule has 0 bridgehead atoms. The summed E-state index contributed by atoms with van der Waals surface area (Å²) in [6, 6.07) is 22.4. The van der Waals surface area contributed by atoms with Crippen molar-refractivity contribution >= 4 is 17.9 Å². The van der Waals surface area contributed by atoms with E-state index in [-0.39, 0.29) is 5.97 Å². The largest absolute Gasteiger partial charge is 0.494 e. The normalized spacial score (nSPS) is 10.9. The Hall–Kier alpha value is -3.40. The molecule has 0 aliphatic rings. The van der Waals surface area contributed by atoms with Gasteiger partial charge in [0, 0.05) is 6.21 Å². The molecule has 0 saturated heterocycles. The zero-order chi connectivity index (χ0) is 22.6. The third-order valence-electron chi connectivity index (χ3n) is 5.16. The first-order valence-corrected chi connectivity index (χ1v) is 11.3. The minimum Gasteiger partial charge on any atom is -0.494 e. The van der Waals surface area contributed by atoms with Crippen molar-refractivity contribution in [2.75, 3.05) is 6.61 Å². The van der Waals surface area contributed by atoms with Crippen LogP contribution in [0.25, 0.3) is 0 Å². The van der Waals surface area contributed by atoms with Crippen LogP contribution in [0.4, 0.5) is 5.69 Å². The molecule has 0 aliphatic heterocycles. The molecule has 0 N–H and O–H groups in total. The lowest BCUT2D eigenvalue weighted by Gasteiger charge is -2.07. The number of hydrogen-bond acceptors (Lipinski definition) is 4. The number of benzene rings is 3. The summed E-state index contributed by atoms with van der Waals surface area (Å²) in [6.07, 6.45) is 7.96. The monoisotopic (exact) mass is 429 g/mol. The molecule has 0 atom stereocenters. The van der Waals surface area contributed by atoms with E-state index in [0.29, 0.717) is 11.3 Å².